The van der Waals surface area contributed by atoms with Gasteiger partial charge < -0.3 is 4.90 Å². The van der Waals surface area contributed by atoms with Gasteiger partial charge in [-0.15, -0.1) is 0 Å². The third-order valence-electron chi connectivity index (χ3n) is 3.21. The van der Waals surface area contributed by atoms with Gasteiger partial charge >= 0.3 is 0 Å². The summed E-state index contributed by atoms with van der Waals surface area (Å²) in [4.78, 5) is 13.2. The lowest BCUT2D eigenvalue weighted by Gasteiger charge is -2.36. The van der Waals surface area contributed by atoms with Gasteiger partial charge in [0.25, 0.3) is 0 Å². The van der Waals surface area contributed by atoms with E-state index in [-0.39, 0.29) is 0 Å². The normalized spacial score (nSPS) is 17.5. The largest absolute Gasteiger partial charge is 0.354 e. The molecule has 0 bridgehead atoms. The number of piperazine rings is 1. The maximum Gasteiger partial charge on any atom is 0.224 e. The van der Waals surface area contributed by atoms with Gasteiger partial charge in [0.15, 0.2) is 0 Å². The van der Waals surface area contributed by atoms with Crippen molar-refractivity contribution in [3.8, 4) is 0 Å². The molecule has 2 rings (SSSR count). The zero-order valence-corrected chi connectivity index (χ0v) is 12.1. The van der Waals surface area contributed by atoms with Gasteiger partial charge in [-0.3, -0.25) is 4.90 Å². The molecule has 1 aromatic heterocycles. The van der Waals surface area contributed by atoms with Crippen LogP contribution in [0.15, 0.2) is 6.20 Å². The molecule has 18 heavy (non-hydrogen) atoms. The highest BCUT2D eigenvalue weighted by atomic mass is 35.5. The summed E-state index contributed by atoms with van der Waals surface area (Å²) in [5.41, 5.74) is 1.09. The van der Waals surface area contributed by atoms with E-state index in [0.29, 0.717) is 5.28 Å². The van der Waals surface area contributed by atoms with Crippen LogP contribution in [0.1, 0.15) is 19.4 Å². The van der Waals surface area contributed by atoms with Crippen molar-refractivity contribution in [2.75, 3.05) is 37.6 Å². The molecule has 1 aliphatic rings. The quantitative estimate of drug-likeness (QED) is 0.787. The third-order valence-corrected chi connectivity index (χ3v) is 3.39. The Labute approximate surface area is 114 Å². The molecule has 0 aromatic carbocycles. The summed E-state index contributed by atoms with van der Waals surface area (Å²) in [6.07, 6.45) is 1.80. The second-order valence-electron chi connectivity index (χ2n) is 5.33. The number of aryl methyl sites for hydroxylation is 1. The molecule has 0 amide bonds. The fraction of sp³-hybridized carbons (Fsp3) is 0.692. The number of halogens is 1. The van der Waals surface area contributed by atoms with Crippen LogP contribution >= 0.6 is 11.6 Å². The molecule has 0 unspecified atom stereocenters. The Morgan fingerprint density at radius 3 is 2.56 bits per heavy atom. The molecule has 100 valence electrons. The predicted molar refractivity (Wildman–Crippen MR) is 75.3 cm³/mol. The molecule has 1 fully saturated rings. The Hall–Kier alpha value is -0.870. The van der Waals surface area contributed by atoms with Crippen LogP contribution in [-0.2, 0) is 0 Å². The Balaban J connectivity index is 1.99. The standard InChI is InChI=1S/C13H21ClN4/c1-10(2)9-17-4-6-18(7-5-17)12-11(3)8-15-13(14)16-12/h8,10H,4-7,9H2,1-3H3. The molecule has 0 N–H and O–H groups in total. The highest BCUT2D eigenvalue weighted by Gasteiger charge is 2.20. The van der Waals surface area contributed by atoms with E-state index >= 15 is 0 Å². The molecular weight excluding hydrogens is 248 g/mol. The number of hydrogen-bond acceptors (Lipinski definition) is 4. The van der Waals surface area contributed by atoms with Gasteiger partial charge in [0.1, 0.15) is 5.82 Å². The minimum Gasteiger partial charge on any atom is -0.354 e. The summed E-state index contributed by atoms with van der Waals surface area (Å²) in [7, 11) is 0. The fourth-order valence-electron chi connectivity index (χ4n) is 2.39. The summed E-state index contributed by atoms with van der Waals surface area (Å²) in [5.74, 6) is 1.71. The van der Waals surface area contributed by atoms with E-state index in [0.717, 1.165) is 43.5 Å². The van der Waals surface area contributed by atoms with E-state index in [4.69, 9.17) is 11.6 Å². The van der Waals surface area contributed by atoms with Gasteiger partial charge in [0, 0.05) is 44.5 Å². The summed E-state index contributed by atoms with van der Waals surface area (Å²) in [5, 5.41) is 0.334. The van der Waals surface area contributed by atoms with Crippen molar-refractivity contribution in [3.63, 3.8) is 0 Å². The van der Waals surface area contributed by atoms with E-state index < -0.39 is 0 Å². The summed E-state index contributed by atoms with van der Waals surface area (Å²) < 4.78 is 0. The third kappa shape index (κ3) is 3.33. The van der Waals surface area contributed by atoms with Gasteiger partial charge in [-0.1, -0.05) is 13.8 Å². The SMILES string of the molecule is Cc1cnc(Cl)nc1N1CCN(CC(C)C)CC1. The lowest BCUT2D eigenvalue weighted by Crippen LogP contribution is -2.47. The number of nitrogens with zero attached hydrogens (tertiary/aromatic N) is 4. The first-order chi connectivity index (χ1) is 8.56. The van der Waals surface area contributed by atoms with Crippen LogP contribution in [-0.4, -0.2) is 47.6 Å². The molecule has 0 saturated carbocycles. The summed E-state index contributed by atoms with van der Waals surface area (Å²) >= 11 is 5.87. The summed E-state index contributed by atoms with van der Waals surface area (Å²) in [6.45, 7) is 12.0. The minimum atomic E-state index is 0.334. The predicted octanol–water partition coefficient (Wildman–Crippen LogP) is 2.22. The molecule has 0 aliphatic carbocycles. The molecule has 1 aromatic rings. The molecule has 0 atom stereocenters. The van der Waals surface area contributed by atoms with Crippen LogP contribution in [0.4, 0.5) is 5.82 Å². The molecule has 4 nitrogen and oxygen atoms in total. The van der Waals surface area contributed by atoms with Gasteiger partial charge in [-0.05, 0) is 24.4 Å². The average Bonchev–Trinajstić information content (AvgIpc) is 2.33. The van der Waals surface area contributed by atoms with Gasteiger partial charge in [-0.25, -0.2) is 9.97 Å². The smallest absolute Gasteiger partial charge is 0.224 e. The lowest BCUT2D eigenvalue weighted by atomic mass is 10.2. The Morgan fingerprint density at radius 1 is 1.28 bits per heavy atom. The average molecular weight is 269 g/mol. The van der Waals surface area contributed by atoms with Crippen molar-refractivity contribution < 1.29 is 0 Å². The first-order valence-corrected chi connectivity index (χ1v) is 6.90. The van der Waals surface area contributed by atoms with E-state index in [1.807, 2.05) is 6.92 Å². The first kappa shape index (κ1) is 13.6. The van der Waals surface area contributed by atoms with Crippen molar-refractivity contribution in [1.29, 1.82) is 0 Å². The Kier molecular flexibility index (Phi) is 4.40. The van der Waals surface area contributed by atoms with E-state index in [1.54, 1.807) is 6.20 Å². The van der Waals surface area contributed by atoms with Crippen molar-refractivity contribution >= 4 is 17.4 Å². The molecular formula is C13H21ClN4. The zero-order valence-electron chi connectivity index (χ0n) is 11.4. The highest BCUT2D eigenvalue weighted by Crippen LogP contribution is 2.19. The van der Waals surface area contributed by atoms with Crippen molar-refractivity contribution in [2.45, 2.75) is 20.8 Å². The van der Waals surface area contributed by atoms with Gasteiger partial charge in [-0.2, -0.15) is 0 Å². The Morgan fingerprint density at radius 2 is 1.94 bits per heavy atom. The molecule has 2 heterocycles. The van der Waals surface area contributed by atoms with Gasteiger partial charge in [0.2, 0.25) is 5.28 Å². The molecule has 1 aliphatic heterocycles. The van der Waals surface area contributed by atoms with Crippen LogP contribution in [0.25, 0.3) is 0 Å². The highest BCUT2D eigenvalue weighted by molar-refractivity contribution is 6.28. The maximum absolute atomic E-state index is 5.87. The fourth-order valence-corrected chi connectivity index (χ4v) is 2.52. The monoisotopic (exact) mass is 268 g/mol. The van der Waals surface area contributed by atoms with Crippen molar-refractivity contribution in [1.82, 2.24) is 14.9 Å². The minimum absolute atomic E-state index is 0.334. The molecule has 0 spiro atoms. The molecule has 0 radical (unpaired) electrons. The van der Waals surface area contributed by atoms with Gasteiger partial charge in [0.05, 0.1) is 0 Å². The topological polar surface area (TPSA) is 32.3 Å². The van der Waals surface area contributed by atoms with Crippen molar-refractivity contribution in [3.05, 3.63) is 17.0 Å². The van der Waals surface area contributed by atoms with E-state index in [1.165, 1.54) is 6.54 Å². The number of hydrogen-bond donors (Lipinski definition) is 0. The van der Waals surface area contributed by atoms with Crippen LogP contribution in [0.5, 0.6) is 0 Å². The first-order valence-electron chi connectivity index (χ1n) is 6.52. The summed E-state index contributed by atoms with van der Waals surface area (Å²) in [6, 6.07) is 0. The van der Waals surface area contributed by atoms with Crippen LogP contribution in [0, 0.1) is 12.8 Å². The van der Waals surface area contributed by atoms with Crippen molar-refractivity contribution in [2.24, 2.45) is 5.92 Å². The lowest BCUT2D eigenvalue weighted by molar-refractivity contribution is 0.231. The van der Waals surface area contributed by atoms with Crippen LogP contribution in [0.3, 0.4) is 0 Å². The second kappa shape index (κ2) is 5.85. The second-order valence-corrected chi connectivity index (χ2v) is 5.67. The van der Waals surface area contributed by atoms with Crippen LogP contribution < -0.4 is 4.90 Å². The number of aromatic nitrogens is 2. The molecule has 1 saturated heterocycles. The number of rotatable bonds is 3. The maximum atomic E-state index is 5.87. The van der Waals surface area contributed by atoms with Crippen LogP contribution in [0.2, 0.25) is 5.28 Å². The zero-order chi connectivity index (χ0) is 13.1. The number of anilines is 1. The Bertz CT molecular complexity index is 400. The van der Waals surface area contributed by atoms with E-state index in [2.05, 4.69) is 33.6 Å². The van der Waals surface area contributed by atoms with E-state index in [9.17, 15) is 0 Å². The molecule has 5 heteroatoms.